The summed E-state index contributed by atoms with van der Waals surface area (Å²) in [6.45, 7) is 3.48. The van der Waals surface area contributed by atoms with Crippen molar-refractivity contribution < 1.29 is 21.2 Å². The summed E-state index contributed by atoms with van der Waals surface area (Å²) in [5.74, 6) is 0.0805. The summed E-state index contributed by atoms with van der Waals surface area (Å²) in [7, 11) is -6.66. The van der Waals surface area contributed by atoms with Gasteiger partial charge < -0.3 is 5.32 Å². The van der Waals surface area contributed by atoms with Gasteiger partial charge in [0.2, 0.25) is 5.95 Å². The van der Waals surface area contributed by atoms with Gasteiger partial charge in [-0.3, -0.25) is 10.9 Å². The third-order valence-corrected chi connectivity index (χ3v) is 8.53. The molecule has 1 aromatic heterocycles. The van der Waals surface area contributed by atoms with E-state index in [0.717, 1.165) is 12.5 Å². The second-order valence-corrected chi connectivity index (χ2v) is 13.9. The minimum Gasteiger partial charge on any atom is -0.324 e. The highest BCUT2D eigenvalue weighted by Gasteiger charge is 2.10. The van der Waals surface area contributed by atoms with Crippen molar-refractivity contribution in [3.8, 4) is 0 Å². The lowest BCUT2D eigenvalue weighted by atomic mass is 10.1. The van der Waals surface area contributed by atoms with Crippen LogP contribution in [-0.2, 0) is 19.7 Å². The molecule has 0 aliphatic heterocycles. The summed E-state index contributed by atoms with van der Waals surface area (Å²) >= 11 is 5.91. The van der Waals surface area contributed by atoms with E-state index in [2.05, 4.69) is 36.3 Å². The van der Waals surface area contributed by atoms with Gasteiger partial charge in [0.1, 0.15) is 5.82 Å². The van der Waals surface area contributed by atoms with Gasteiger partial charge in [-0.25, -0.2) is 21.2 Å². The maximum atomic E-state index is 13.7. The largest absolute Gasteiger partial charge is 0.324 e. The highest BCUT2D eigenvalue weighted by atomic mass is 35.5. The van der Waals surface area contributed by atoms with E-state index in [1.807, 2.05) is 0 Å². The number of benzene rings is 3. The van der Waals surface area contributed by atoms with Gasteiger partial charge in [0, 0.05) is 24.3 Å². The van der Waals surface area contributed by atoms with Crippen LogP contribution < -0.4 is 16.2 Å². The Kier molecular flexibility index (Phi) is 9.43. The van der Waals surface area contributed by atoms with Gasteiger partial charge in [-0.1, -0.05) is 35.9 Å². The molecule has 0 aliphatic rings. The molecule has 3 N–H and O–H groups in total. The standard InChI is InChI=1S/C28H27ClFN7O4S2/c1-17(19-5-10-22(11-6-19)42(3,38)39)34-36-26-16-27(33-28(32-26)31-21-9-14-25(30)24(29)15-21)37-35-18(2)20-7-12-23(13-8-20)43(4,40)41/h5-16H,1-4H3,(H3,31,32,33,36,37). The average molecular weight is 644 g/mol. The van der Waals surface area contributed by atoms with Crippen LogP contribution in [0.3, 0.4) is 0 Å². The smallest absolute Gasteiger partial charge is 0.231 e. The van der Waals surface area contributed by atoms with Crippen LogP contribution in [0.15, 0.2) is 92.8 Å². The number of nitrogens with one attached hydrogen (secondary N) is 3. The molecule has 224 valence electrons. The molecule has 43 heavy (non-hydrogen) atoms. The number of hydrogen-bond donors (Lipinski definition) is 3. The molecule has 0 bridgehead atoms. The molecular formula is C28H27ClFN7O4S2. The van der Waals surface area contributed by atoms with E-state index in [-0.39, 0.29) is 32.4 Å². The number of aromatic nitrogens is 2. The van der Waals surface area contributed by atoms with Crippen LogP contribution in [0.1, 0.15) is 25.0 Å². The number of halogens is 2. The SMILES string of the molecule is CC(=NNc1cc(NN=C(C)c2ccc(S(C)(=O)=O)cc2)nc(Nc2ccc(F)c(Cl)c2)n1)c1ccc(S(C)(=O)=O)cc1. The molecule has 0 radical (unpaired) electrons. The molecule has 4 rings (SSSR count). The van der Waals surface area contributed by atoms with Crippen molar-refractivity contribution >= 4 is 66.0 Å². The van der Waals surface area contributed by atoms with Crippen molar-refractivity contribution in [3.05, 3.63) is 94.8 Å². The van der Waals surface area contributed by atoms with Gasteiger partial charge in [-0.15, -0.1) is 0 Å². The second kappa shape index (κ2) is 12.9. The Morgan fingerprint density at radius 1 is 0.721 bits per heavy atom. The molecule has 0 aliphatic carbocycles. The number of rotatable bonds is 10. The van der Waals surface area contributed by atoms with Crippen molar-refractivity contribution in [3.63, 3.8) is 0 Å². The number of anilines is 4. The van der Waals surface area contributed by atoms with Crippen molar-refractivity contribution in [1.29, 1.82) is 0 Å². The molecule has 0 fully saturated rings. The summed E-state index contributed by atoms with van der Waals surface area (Å²) in [6.07, 6.45) is 2.27. The summed E-state index contributed by atoms with van der Waals surface area (Å²) < 4.78 is 60.7. The first kappa shape index (κ1) is 31.5. The van der Waals surface area contributed by atoms with Gasteiger partial charge in [-0.2, -0.15) is 20.2 Å². The van der Waals surface area contributed by atoms with Gasteiger partial charge in [0.15, 0.2) is 31.3 Å². The van der Waals surface area contributed by atoms with Gasteiger partial charge >= 0.3 is 0 Å². The monoisotopic (exact) mass is 643 g/mol. The molecule has 1 heterocycles. The number of hydrazone groups is 2. The molecule has 3 aromatic carbocycles. The molecule has 0 amide bonds. The molecule has 0 atom stereocenters. The van der Waals surface area contributed by atoms with E-state index in [0.29, 0.717) is 28.2 Å². The topological polar surface area (TPSA) is 155 Å². The highest BCUT2D eigenvalue weighted by molar-refractivity contribution is 7.91. The van der Waals surface area contributed by atoms with E-state index >= 15 is 0 Å². The predicted molar refractivity (Wildman–Crippen MR) is 167 cm³/mol. The molecule has 4 aromatic rings. The van der Waals surface area contributed by atoms with E-state index in [1.54, 1.807) is 44.2 Å². The number of sulfone groups is 2. The van der Waals surface area contributed by atoms with E-state index < -0.39 is 25.5 Å². The van der Waals surface area contributed by atoms with Crippen LogP contribution in [-0.4, -0.2) is 50.7 Å². The van der Waals surface area contributed by atoms with Crippen LogP contribution in [0.25, 0.3) is 0 Å². The predicted octanol–water partition coefficient (Wildman–Crippen LogP) is 5.49. The zero-order chi connectivity index (χ0) is 31.4. The summed E-state index contributed by atoms with van der Waals surface area (Å²) in [4.78, 5) is 9.21. The molecule has 15 heteroatoms. The quantitative estimate of drug-likeness (QED) is 0.150. The molecule has 0 saturated carbocycles. The van der Waals surface area contributed by atoms with Gasteiger partial charge in [-0.05, 0) is 67.4 Å². The summed E-state index contributed by atoms with van der Waals surface area (Å²) in [6, 6.07) is 18.2. The minimum absolute atomic E-state index is 0.0816. The van der Waals surface area contributed by atoms with Crippen LogP contribution in [0.5, 0.6) is 0 Å². The van der Waals surface area contributed by atoms with Crippen molar-refractivity contribution in [2.75, 3.05) is 28.7 Å². The lowest BCUT2D eigenvalue weighted by Gasteiger charge is -2.11. The molecule has 0 unspecified atom stereocenters. The Morgan fingerprint density at radius 3 is 1.56 bits per heavy atom. The maximum Gasteiger partial charge on any atom is 0.231 e. The fraction of sp³-hybridized carbons (Fsp3) is 0.143. The first-order valence-corrected chi connectivity index (χ1v) is 16.7. The molecule has 11 nitrogen and oxygen atoms in total. The van der Waals surface area contributed by atoms with Crippen molar-refractivity contribution in [2.45, 2.75) is 23.6 Å². The van der Waals surface area contributed by atoms with Crippen molar-refractivity contribution in [1.82, 2.24) is 9.97 Å². The van der Waals surface area contributed by atoms with Crippen LogP contribution in [0.4, 0.5) is 27.7 Å². The third kappa shape index (κ3) is 8.56. The van der Waals surface area contributed by atoms with Gasteiger partial charge in [0.25, 0.3) is 0 Å². The first-order valence-electron chi connectivity index (χ1n) is 12.5. The Balaban J connectivity index is 1.61. The van der Waals surface area contributed by atoms with Gasteiger partial charge in [0.05, 0.1) is 26.2 Å². The van der Waals surface area contributed by atoms with E-state index in [4.69, 9.17) is 11.6 Å². The number of hydrogen-bond acceptors (Lipinski definition) is 11. The molecular weight excluding hydrogens is 617 g/mol. The maximum absolute atomic E-state index is 13.7. The van der Waals surface area contributed by atoms with Crippen molar-refractivity contribution in [2.24, 2.45) is 10.2 Å². The van der Waals surface area contributed by atoms with Crippen LogP contribution in [0.2, 0.25) is 5.02 Å². The zero-order valence-corrected chi connectivity index (χ0v) is 25.8. The van der Waals surface area contributed by atoms with Crippen LogP contribution >= 0.6 is 11.6 Å². The Labute approximate surface area is 253 Å². The lowest BCUT2D eigenvalue weighted by molar-refractivity contribution is 0.600. The zero-order valence-electron chi connectivity index (χ0n) is 23.4. The number of nitrogens with zero attached hydrogens (tertiary/aromatic N) is 4. The fourth-order valence-corrected chi connectivity index (χ4v) is 5.06. The molecule has 0 saturated heterocycles. The van der Waals surface area contributed by atoms with E-state index in [9.17, 15) is 21.2 Å². The minimum atomic E-state index is -3.33. The highest BCUT2D eigenvalue weighted by Crippen LogP contribution is 2.23. The Hall–Kier alpha value is -4.40. The van der Waals surface area contributed by atoms with E-state index in [1.165, 1.54) is 42.5 Å². The average Bonchev–Trinajstić information content (AvgIpc) is 2.96. The fourth-order valence-electron chi connectivity index (χ4n) is 3.62. The Bertz CT molecular complexity index is 1820. The third-order valence-electron chi connectivity index (χ3n) is 5.98. The first-order chi connectivity index (χ1) is 20.2. The Morgan fingerprint density at radius 2 is 1.16 bits per heavy atom. The summed E-state index contributed by atoms with van der Waals surface area (Å²) in [5.41, 5.74) is 8.65. The van der Waals surface area contributed by atoms with Crippen LogP contribution in [0, 0.1) is 5.82 Å². The second-order valence-electron chi connectivity index (χ2n) is 9.43. The summed E-state index contributed by atoms with van der Waals surface area (Å²) in [5, 5.41) is 11.6. The molecule has 0 spiro atoms. The normalized spacial score (nSPS) is 12.6. The lowest BCUT2D eigenvalue weighted by Crippen LogP contribution is -2.07.